The van der Waals surface area contributed by atoms with Gasteiger partial charge in [0.15, 0.2) is 0 Å². The Morgan fingerprint density at radius 3 is 2.66 bits per heavy atom. The molecule has 0 fully saturated rings. The number of nitrogens with one attached hydrogen (secondary N) is 1. The van der Waals surface area contributed by atoms with Crippen molar-refractivity contribution in [1.82, 2.24) is 19.7 Å². The highest BCUT2D eigenvalue weighted by Crippen LogP contribution is 2.22. The van der Waals surface area contributed by atoms with Crippen LogP contribution in [0.25, 0.3) is 0 Å². The SMILES string of the molecule is O=C(CCN(Cc1ccco1)c1nc(Cc2ccc(F)cc2)ns1)NCc1ccncc1. The maximum atomic E-state index is 13.1. The van der Waals surface area contributed by atoms with Gasteiger partial charge in [0, 0.05) is 49.9 Å². The number of rotatable bonds is 10. The van der Waals surface area contributed by atoms with Crippen LogP contribution in [0.15, 0.2) is 71.6 Å². The molecule has 164 valence electrons. The Bertz CT molecular complexity index is 1120. The second kappa shape index (κ2) is 10.6. The molecule has 0 bridgehead atoms. The zero-order valence-corrected chi connectivity index (χ0v) is 18.1. The molecule has 4 aromatic rings. The van der Waals surface area contributed by atoms with Crippen molar-refractivity contribution in [3.63, 3.8) is 0 Å². The van der Waals surface area contributed by atoms with Crippen molar-refractivity contribution in [3.8, 4) is 0 Å². The molecule has 1 amide bonds. The zero-order valence-electron chi connectivity index (χ0n) is 17.3. The van der Waals surface area contributed by atoms with Gasteiger partial charge < -0.3 is 14.6 Å². The van der Waals surface area contributed by atoms with Gasteiger partial charge in [0.2, 0.25) is 11.0 Å². The third kappa shape index (κ3) is 6.21. The van der Waals surface area contributed by atoms with Crippen LogP contribution in [-0.4, -0.2) is 26.8 Å². The normalized spacial score (nSPS) is 10.8. The topological polar surface area (TPSA) is 84.2 Å². The van der Waals surface area contributed by atoms with Crippen molar-refractivity contribution in [2.24, 2.45) is 0 Å². The summed E-state index contributed by atoms with van der Waals surface area (Å²) < 4.78 is 23.1. The largest absolute Gasteiger partial charge is 0.467 e. The summed E-state index contributed by atoms with van der Waals surface area (Å²) in [6.45, 7) is 1.41. The first kappa shape index (κ1) is 21.6. The molecule has 1 aromatic carbocycles. The number of anilines is 1. The van der Waals surface area contributed by atoms with E-state index in [0.29, 0.717) is 43.4 Å². The molecule has 3 aromatic heterocycles. The fourth-order valence-corrected chi connectivity index (χ4v) is 3.80. The summed E-state index contributed by atoms with van der Waals surface area (Å²) in [4.78, 5) is 23.0. The molecular formula is C23H22FN5O2S. The van der Waals surface area contributed by atoms with Crippen LogP contribution in [0.2, 0.25) is 0 Å². The molecule has 1 N–H and O–H groups in total. The number of carbonyl (C=O) groups excluding carboxylic acids is 1. The van der Waals surface area contributed by atoms with E-state index in [1.807, 2.05) is 29.2 Å². The Kier molecular flexibility index (Phi) is 7.19. The van der Waals surface area contributed by atoms with Gasteiger partial charge in [0.05, 0.1) is 12.8 Å². The molecule has 32 heavy (non-hydrogen) atoms. The molecular weight excluding hydrogens is 429 g/mol. The molecule has 0 spiro atoms. The van der Waals surface area contributed by atoms with Gasteiger partial charge >= 0.3 is 0 Å². The third-order valence-electron chi connectivity index (χ3n) is 4.78. The zero-order chi connectivity index (χ0) is 22.2. The first-order chi connectivity index (χ1) is 15.7. The molecule has 0 aliphatic rings. The van der Waals surface area contributed by atoms with Crippen LogP contribution >= 0.6 is 11.5 Å². The number of halogens is 1. The van der Waals surface area contributed by atoms with Crippen LogP contribution in [0.3, 0.4) is 0 Å². The summed E-state index contributed by atoms with van der Waals surface area (Å²) in [6, 6.07) is 13.8. The lowest BCUT2D eigenvalue weighted by Gasteiger charge is -2.20. The second-order valence-corrected chi connectivity index (χ2v) is 7.91. The van der Waals surface area contributed by atoms with E-state index in [1.54, 1.807) is 30.8 Å². The lowest BCUT2D eigenvalue weighted by atomic mass is 10.1. The first-order valence-electron chi connectivity index (χ1n) is 10.2. The van der Waals surface area contributed by atoms with Crippen LogP contribution in [0.1, 0.15) is 29.1 Å². The summed E-state index contributed by atoms with van der Waals surface area (Å²) in [5.74, 6) is 1.11. The highest BCUT2D eigenvalue weighted by Gasteiger charge is 2.16. The number of furan rings is 1. The first-order valence-corrected chi connectivity index (χ1v) is 10.9. The number of pyridine rings is 1. The minimum atomic E-state index is -0.271. The monoisotopic (exact) mass is 451 g/mol. The van der Waals surface area contributed by atoms with Gasteiger partial charge in [-0.25, -0.2) is 9.37 Å². The summed E-state index contributed by atoms with van der Waals surface area (Å²) in [7, 11) is 0. The van der Waals surface area contributed by atoms with E-state index < -0.39 is 0 Å². The maximum absolute atomic E-state index is 13.1. The summed E-state index contributed by atoms with van der Waals surface area (Å²) in [5, 5.41) is 3.64. The highest BCUT2D eigenvalue weighted by molar-refractivity contribution is 7.09. The van der Waals surface area contributed by atoms with Gasteiger partial charge in [-0.3, -0.25) is 9.78 Å². The fraction of sp³-hybridized carbons (Fsp3) is 0.217. The van der Waals surface area contributed by atoms with E-state index in [-0.39, 0.29) is 11.7 Å². The fourth-order valence-electron chi connectivity index (χ4n) is 3.09. The molecule has 7 nitrogen and oxygen atoms in total. The summed E-state index contributed by atoms with van der Waals surface area (Å²) >= 11 is 1.27. The lowest BCUT2D eigenvalue weighted by molar-refractivity contribution is -0.121. The molecule has 4 rings (SSSR count). The van der Waals surface area contributed by atoms with Gasteiger partial charge in [-0.05, 0) is 47.5 Å². The predicted molar refractivity (Wildman–Crippen MR) is 120 cm³/mol. The van der Waals surface area contributed by atoms with E-state index in [2.05, 4.69) is 19.7 Å². The Morgan fingerprint density at radius 2 is 1.91 bits per heavy atom. The van der Waals surface area contributed by atoms with E-state index in [4.69, 9.17) is 4.42 Å². The quantitative estimate of drug-likeness (QED) is 0.393. The number of nitrogens with zero attached hydrogens (tertiary/aromatic N) is 4. The van der Waals surface area contributed by atoms with Crippen LogP contribution in [0.5, 0.6) is 0 Å². The van der Waals surface area contributed by atoms with Crippen LogP contribution < -0.4 is 10.2 Å². The molecule has 0 unspecified atom stereocenters. The van der Waals surface area contributed by atoms with Gasteiger partial charge in [-0.15, -0.1) is 0 Å². The van der Waals surface area contributed by atoms with Crippen molar-refractivity contribution >= 4 is 22.6 Å². The van der Waals surface area contributed by atoms with Crippen molar-refractivity contribution in [2.45, 2.75) is 25.9 Å². The number of hydrogen-bond donors (Lipinski definition) is 1. The van der Waals surface area contributed by atoms with Crippen LogP contribution in [0, 0.1) is 5.82 Å². The molecule has 0 aliphatic carbocycles. The third-order valence-corrected chi connectivity index (χ3v) is 5.59. The Balaban J connectivity index is 1.38. The van der Waals surface area contributed by atoms with Crippen molar-refractivity contribution < 1.29 is 13.6 Å². The number of carbonyl (C=O) groups is 1. The predicted octanol–water partition coefficient (Wildman–Crippen LogP) is 3.97. The Morgan fingerprint density at radius 1 is 1.09 bits per heavy atom. The van der Waals surface area contributed by atoms with Gasteiger partial charge in [0.25, 0.3) is 0 Å². The molecule has 0 atom stereocenters. The number of hydrogen-bond acceptors (Lipinski definition) is 7. The average molecular weight is 452 g/mol. The maximum Gasteiger partial charge on any atom is 0.222 e. The van der Waals surface area contributed by atoms with Gasteiger partial charge in [0.1, 0.15) is 17.4 Å². The Hall–Kier alpha value is -3.59. The van der Waals surface area contributed by atoms with E-state index in [0.717, 1.165) is 16.9 Å². The van der Waals surface area contributed by atoms with Gasteiger partial charge in [-0.2, -0.15) is 4.37 Å². The average Bonchev–Trinajstić information content (AvgIpc) is 3.50. The Labute approximate surface area is 189 Å². The van der Waals surface area contributed by atoms with E-state index in [9.17, 15) is 9.18 Å². The molecule has 0 aliphatic heterocycles. The highest BCUT2D eigenvalue weighted by atomic mass is 32.1. The van der Waals surface area contributed by atoms with Crippen LogP contribution in [-0.2, 0) is 24.3 Å². The number of benzene rings is 1. The second-order valence-electron chi connectivity index (χ2n) is 7.18. The number of aromatic nitrogens is 3. The van der Waals surface area contributed by atoms with Crippen LogP contribution in [0.4, 0.5) is 9.52 Å². The number of amides is 1. The van der Waals surface area contributed by atoms with Crippen molar-refractivity contribution in [2.75, 3.05) is 11.4 Å². The van der Waals surface area contributed by atoms with Crippen molar-refractivity contribution in [3.05, 3.63) is 95.7 Å². The summed E-state index contributed by atoms with van der Waals surface area (Å²) in [6.07, 6.45) is 5.84. The summed E-state index contributed by atoms with van der Waals surface area (Å²) in [5.41, 5.74) is 1.93. The minimum Gasteiger partial charge on any atom is -0.467 e. The molecule has 9 heteroatoms. The minimum absolute atomic E-state index is 0.0534. The van der Waals surface area contributed by atoms with E-state index in [1.165, 1.54) is 23.7 Å². The van der Waals surface area contributed by atoms with Gasteiger partial charge in [-0.1, -0.05) is 12.1 Å². The smallest absolute Gasteiger partial charge is 0.222 e. The standard InChI is InChI=1S/C23H22FN5O2S/c24-19-5-3-17(4-6-19)14-21-27-23(32-28-21)29(16-20-2-1-13-31-20)12-9-22(30)26-15-18-7-10-25-11-8-18/h1-8,10-11,13H,9,12,14-16H2,(H,26,30). The van der Waals surface area contributed by atoms with E-state index >= 15 is 0 Å². The molecule has 0 saturated carbocycles. The molecule has 0 saturated heterocycles. The van der Waals surface area contributed by atoms with Crippen molar-refractivity contribution in [1.29, 1.82) is 0 Å². The molecule has 3 heterocycles. The molecule has 0 radical (unpaired) electrons. The lowest BCUT2D eigenvalue weighted by Crippen LogP contribution is -2.30.